The summed E-state index contributed by atoms with van der Waals surface area (Å²) in [5.41, 5.74) is 0.0591. The van der Waals surface area contributed by atoms with Gasteiger partial charge in [-0.2, -0.15) is 0 Å². The van der Waals surface area contributed by atoms with Crippen LogP contribution in [-0.4, -0.2) is 39.5 Å². The van der Waals surface area contributed by atoms with E-state index in [1.165, 1.54) is 25.3 Å². The van der Waals surface area contributed by atoms with E-state index in [0.717, 1.165) is 6.26 Å². The SMILES string of the molecule is CCOC(=O)C(O)c1cccc(S(C)(=O)=O)c1OC. The number of sulfone groups is 1. The molecule has 0 bridgehead atoms. The summed E-state index contributed by atoms with van der Waals surface area (Å²) in [6.45, 7) is 1.72. The van der Waals surface area contributed by atoms with Gasteiger partial charge in [0.05, 0.1) is 13.7 Å². The summed E-state index contributed by atoms with van der Waals surface area (Å²) in [6, 6.07) is 4.18. The predicted octanol–water partition coefficient (Wildman–Crippen LogP) is 0.695. The highest BCUT2D eigenvalue weighted by atomic mass is 32.2. The van der Waals surface area contributed by atoms with Gasteiger partial charge < -0.3 is 14.6 Å². The van der Waals surface area contributed by atoms with Crippen LogP contribution in [0.5, 0.6) is 5.75 Å². The molecule has 0 aromatic heterocycles. The van der Waals surface area contributed by atoms with E-state index >= 15 is 0 Å². The van der Waals surface area contributed by atoms with Crippen LogP contribution in [-0.2, 0) is 19.4 Å². The third-order valence-electron chi connectivity index (χ3n) is 2.42. The Morgan fingerprint density at radius 3 is 2.53 bits per heavy atom. The number of methoxy groups -OCH3 is 1. The van der Waals surface area contributed by atoms with Crippen molar-refractivity contribution in [1.29, 1.82) is 0 Å². The Hall–Kier alpha value is -1.60. The summed E-state index contributed by atoms with van der Waals surface area (Å²) < 4.78 is 32.9. The molecule has 0 saturated heterocycles. The Bertz CT molecular complexity index is 564. The van der Waals surface area contributed by atoms with Gasteiger partial charge in [0, 0.05) is 11.8 Å². The number of hydrogen-bond acceptors (Lipinski definition) is 6. The van der Waals surface area contributed by atoms with Crippen molar-refractivity contribution in [3.8, 4) is 5.75 Å². The highest BCUT2D eigenvalue weighted by molar-refractivity contribution is 7.90. The van der Waals surface area contributed by atoms with Crippen LogP contribution in [0.15, 0.2) is 23.1 Å². The highest BCUT2D eigenvalue weighted by Crippen LogP contribution is 2.32. The molecular formula is C12H16O6S. The molecule has 0 heterocycles. The average molecular weight is 288 g/mol. The van der Waals surface area contributed by atoms with Crippen molar-refractivity contribution < 1.29 is 27.8 Å². The largest absolute Gasteiger partial charge is 0.495 e. The van der Waals surface area contributed by atoms with Crippen LogP contribution in [0, 0.1) is 0 Å². The Morgan fingerprint density at radius 1 is 1.42 bits per heavy atom. The minimum Gasteiger partial charge on any atom is -0.495 e. The topological polar surface area (TPSA) is 89.9 Å². The molecule has 7 heteroatoms. The number of aliphatic hydroxyl groups excluding tert-OH is 1. The second-order valence-electron chi connectivity index (χ2n) is 3.81. The van der Waals surface area contributed by atoms with Gasteiger partial charge in [0.1, 0.15) is 10.6 Å². The van der Waals surface area contributed by atoms with Gasteiger partial charge in [-0.15, -0.1) is 0 Å². The van der Waals surface area contributed by atoms with Crippen molar-refractivity contribution in [1.82, 2.24) is 0 Å². The number of hydrogen-bond donors (Lipinski definition) is 1. The zero-order chi connectivity index (χ0) is 14.6. The number of para-hydroxylation sites is 1. The molecule has 1 aromatic carbocycles. The standard InChI is InChI=1S/C12H16O6S/c1-4-18-12(14)10(13)8-6-5-7-9(11(8)17-2)19(3,15)16/h5-7,10,13H,4H2,1-3H3. The van der Waals surface area contributed by atoms with Crippen LogP contribution in [0.25, 0.3) is 0 Å². The van der Waals surface area contributed by atoms with Gasteiger partial charge in [-0.1, -0.05) is 12.1 Å². The van der Waals surface area contributed by atoms with E-state index in [0.29, 0.717) is 0 Å². The molecular weight excluding hydrogens is 272 g/mol. The van der Waals surface area contributed by atoms with Gasteiger partial charge in [-0.3, -0.25) is 0 Å². The second kappa shape index (κ2) is 6.03. The zero-order valence-electron chi connectivity index (χ0n) is 10.9. The lowest BCUT2D eigenvalue weighted by Crippen LogP contribution is -2.17. The van der Waals surface area contributed by atoms with E-state index in [4.69, 9.17) is 4.74 Å². The van der Waals surface area contributed by atoms with Crippen LogP contribution < -0.4 is 4.74 Å². The van der Waals surface area contributed by atoms with E-state index in [9.17, 15) is 18.3 Å². The Kier molecular flexibility index (Phi) is 4.90. The monoisotopic (exact) mass is 288 g/mol. The van der Waals surface area contributed by atoms with Crippen molar-refractivity contribution in [3.05, 3.63) is 23.8 Å². The van der Waals surface area contributed by atoms with Crippen molar-refractivity contribution >= 4 is 15.8 Å². The first-order valence-electron chi connectivity index (χ1n) is 5.54. The van der Waals surface area contributed by atoms with E-state index in [1.54, 1.807) is 6.92 Å². The quantitative estimate of drug-likeness (QED) is 0.802. The summed E-state index contributed by atoms with van der Waals surface area (Å²) in [5.74, 6) is -0.906. The third-order valence-corrected chi connectivity index (χ3v) is 3.54. The minimum atomic E-state index is -3.53. The lowest BCUT2D eigenvalue weighted by atomic mass is 10.1. The van der Waals surface area contributed by atoms with Crippen molar-refractivity contribution in [2.75, 3.05) is 20.0 Å². The summed E-state index contributed by atoms with van der Waals surface area (Å²) >= 11 is 0. The number of carbonyl (C=O) groups is 1. The molecule has 1 unspecified atom stereocenters. The summed E-state index contributed by atoms with van der Waals surface area (Å²) in [6.07, 6.45) is -0.567. The lowest BCUT2D eigenvalue weighted by molar-refractivity contribution is -0.153. The molecule has 0 radical (unpaired) electrons. The van der Waals surface area contributed by atoms with Crippen molar-refractivity contribution in [2.45, 2.75) is 17.9 Å². The van der Waals surface area contributed by atoms with Crippen LogP contribution >= 0.6 is 0 Å². The van der Waals surface area contributed by atoms with E-state index in [2.05, 4.69) is 4.74 Å². The number of rotatable bonds is 5. The summed E-state index contributed by atoms with van der Waals surface area (Å²) in [4.78, 5) is 11.4. The molecule has 0 aliphatic carbocycles. The maximum absolute atomic E-state index is 11.6. The fourth-order valence-corrected chi connectivity index (χ4v) is 2.47. The van der Waals surface area contributed by atoms with Gasteiger partial charge in [0.25, 0.3) is 0 Å². The Morgan fingerprint density at radius 2 is 2.05 bits per heavy atom. The van der Waals surface area contributed by atoms with E-state index in [1.807, 2.05) is 0 Å². The molecule has 1 atom stereocenters. The average Bonchev–Trinajstić information content (AvgIpc) is 2.36. The third kappa shape index (κ3) is 3.45. The van der Waals surface area contributed by atoms with Crippen LogP contribution in [0.3, 0.4) is 0 Å². The molecule has 0 amide bonds. The summed E-state index contributed by atoms with van der Waals surface area (Å²) in [5, 5.41) is 9.87. The first-order chi connectivity index (χ1) is 8.82. The van der Waals surface area contributed by atoms with Crippen LogP contribution in [0.4, 0.5) is 0 Å². The molecule has 0 fully saturated rings. The lowest BCUT2D eigenvalue weighted by Gasteiger charge is -2.16. The number of benzene rings is 1. The van der Waals surface area contributed by atoms with Crippen LogP contribution in [0.1, 0.15) is 18.6 Å². The first kappa shape index (κ1) is 15.5. The number of ether oxygens (including phenoxy) is 2. The van der Waals surface area contributed by atoms with Gasteiger partial charge in [0.15, 0.2) is 15.9 Å². The molecule has 0 saturated carbocycles. The molecule has 106 valence electrons. The maximum Gasteiger partial charge on any atom is 0.339 e. The number of carbonyl (C=O) groups excluding carboxylic acids is 1. The normalized spacial score (nSPS) is 12.8. The fraction of sp³-hybridized carbons (Fsp3) is 0.417. The molecule has 19 heavy (non-hydrogen) atoms. The molecule has 1 N–H and O–H groups in total. The maximum atomic E-state index is 11.6. The zero-order valence-corrected chi connectivity index (χ0v) is 11.7. The Labute approximate surface area is 111 Å². The van der Waals surface area contributed by atoms with E-state index < -0.39 is 21.9 Å². The molecule has 6 nitrogen and oxygen atoms in total. The number of aliphatic hydroxyl groups is 1. The molecule has 0 spiro atoms. The molecule has 1 rings (SSSR count). The van der Waals surface area contributed by atoms with Crippen molar-refractivity contribution in [3.63, 3.8) is 0 Å². The van der Waals surface area contributed by atoms with Gasteiger partial charge in [-0.05, 0) is 13.0 Å². The Balaban J connectivity index is 3.33. The molecule has 1 aromatic rings. The second-order valence-corrected chi connectivity index (χ2v) is 5.79. The van der Waals surface area contributed by atoms with E-state index in [-0.39, 0.29) is 22.8 Å². The molecule has 0 aliphatic heterocycles. The highest BCUT2D eigenvalue weighted by Gasteiger charge is 2.26. The predicted molar refractivity (Wildman–Crippen MR) is 67.7 cm³/mol. The fourth-order valence-electron chi connectivity index (χ4n) is 1.61. The van der Waals surface area contributed by atoms with Gasteiger partial charge >= 0.3 is 5.97 Å². The van der Waals surface area contributed by atoms with Gasteiger partial charge in [0.2, 0.25) is 0 Å². The number of esters is 1. The van der Waals surface area contributed by atoms with Crippen LogP contribution in [0.2, 0.25) is 0 Å². The first-order valence-corrected chi connectivity index (χ1v) is 7.43. The smallest absolute Gasteiger partial charge is 0.339 e. The minimum absolute atomic E-state index is 0.0504. The summed E-state index contributed by atoms with van der Waals surface area (Å²) in [7, 11) is -2.26. The van der Waals surface area contributed by atoms with Gasteiger partial charge in [-0.25, -0.2) is 13.2 Å². The van der Waals surface area contributed by atoms with Crippen molar-refractivity contribution in [2.24, 2.45) is 0 Å². The molecule has 0 aliphatic rings.